The summed E-state index contributed by atoms with van der Waals surface area (Å²) in [5.41, 5.74) is 0. The number of hydrogen-bond acceptors (Lipinski definition) is 3. The maximum absolute atomic E-state index is 10.6. The van der Waals surface area contributed by atoms with E-state index in [4.69, 9.17) is 6.42 Å². The average molecular weight is 158 g/mol. The second-order valence-electron chi connectivity index (χ2n) is 2.09. The molecule has 0 spiro atoms. The molecular weight excluding hydrogens is 146 g/mol. The van der Waals surface area contributed by atoms with Crippen molar-refractivity contribution in [2.75, 3.05) is 12.8 Å². The number of terminal acetylenes is 1. The van der Waals surface area contributed by atoms with Gasteiger partial charge in [-0.1, -0.05) is 5.92 Å². The third-order valence-electron chi connectivity index (χ3n) is 1.27. The van der Waals surface area contributed by atoms with E-state index in [9.17, 15) is 5.21 Å². The number of rotatable bonds is 4. The monoisotopic (exact) mass is 158 g/mol. The maximum Gasteiger partial charge on any atom is 0.0597 e. The predicted molar refractivity (Wildman–Crippen MR) is 46.8 cm³/mol. The molecule has 0 aliphatic rings. The minimum absolute atomic E-state index is 0.271. The molecule has 58 valence electrons. The Bertz CT molecular complexity index is 119. The molecule has 1 unspecified atom stereocenters. The quantitative estimate of drug-likeness (QED) is 0.377. The smallest absolute Gasteiger partial charge is 0.0597 e. The number of thiol groups is 1. The van der Waals surface area contributed by atoms with Crippen LogP contribution in [0.4, 0.5) is 0 Å². The Balaban J connectivity index is 3.53. The second kappa shape index (κ2) is 5.60. The highest BCUT2D eigenvalue weighted by molar-refractivity contribution is 7.80. The molecule has 0 saturated carbocycles. The lowest BCUT2D eigenvalue weighted by Crippen LogP contribution is -2.24. The van der Waals surface area contributed by atoms with Gasteiger partial charge in [0.05, 0.1) is 6.04 Å². The standard InChI is InChI=1S/C7H12NOS/c1-3-7(8(2)9)5-4-6-10/h1,7,10H,4-6H2,2H3/q-1. The van der Waals surface area contributed by atoms with Crippen LogP contribution in [0, 0.1) is 17.6 Å². The lowest BCUT2D eigenvalue weighted by molar-refractivity contribution is 0.376. The van der Waals surface area contributed by atoms with Crippen molar-refractivity contribution >= 4 is 12.6 Å². The maximum atomic E-state index is 10.6. The first-order chi connectivity index (χ1) is 4.72. The summed E-state index contributed by atoms with van der Waals surface area (Å²) in [6.45, 7) is 0. The Hall–Kier alpha value is -0.170. The minimum atomic E-state index is -0.271. The largest absolute Gasteiger partial charge is 0.784 e. The summed E-state index contributed by atoms with van der Waals surface area (Å²) >= 11 is 4.01. The first-order valence-corrected chi connectivity index (χ1v) is 3.82. The molecule has 0 fully saturated rings. The van der Waals surface area contributed by atoms with E-state index >= 15 is 0 Å². The van der Waals surface area contributed by atoms with Crippen LogP contribution in [0.5, 0.6) is 0 Å². The van der Waals surface area contributed by atoms with Crippen LogP contribution in [0.25, 0.3) is 0 Å². The molecule has 0 aromatic carbocycles. The summed E-state index contributed by atoms with van der Waals surface area (Å²) in [6.07, 6.45) is 6.73. The van der Waals surface area contributed by atoms with Gasteiger partial charge in [0.25, 0.3) is 0 Å². The fraction of sp³-hybridized carbons (Fsp3) is 0.714. The normalized spacial score (nSPS) is 13.1. The summed E-state index contributed by atoms with van der Waals surface area (Å²) < 4.78 is 0. The van der Waals surface area contributed by atoms with Crippen LogP contribution in [-0.2, 0) is 0 Å². The van der Waals surface area contributed by atoms with Gasteiger partial charge in [0, 0.05) is 0 Å². The molecular formula is C7H12NOS-. The fourth-order valence-corrected chi connectivity index (χ4v) is 0.837. The topological polar surface area (TPSA) is 26.3 Å². The fourth-order valence-electron chi connectivity index (χ4n) is 0.655. The summed E-state index contributed by atoms with van der Waals surface area (Å²) in [7, 11) is 1.45. The van der Waals surface area contributed by atoms with Crippen molar-refractivity contribution in [3.8, 4) is 12.3 Å². The minimum Gasteiger partial charge on any atom is -0.784 e. The second-order valence-corrected chi connectivity index (χ2v) is 2.54. The van der Waals surface area contributed by atoms with Crippen molar-refractivity contribution in [3.05, 3.63) is 5.21 Å². The highest BCUT2D eigenvalue weighted by Gasteiger charge is 2.00. The molecule has 10 heavy (non-hydrogen) atoms. The van der Waals surface area contributed by atoms with Gasteiger partial charge in [-0.05, 0) is 25.6 Å². The molecule has 0 radical (unpaired) electrons. The zero-order chi connectivity index (χ0) is 7.98. The molecule has 0 amide bonds. The van der Waals surface area contributed by atoms with Crippen LogP contribution in [0.1, 0.15) is 12.8 Å². The van der Waals surface area contributed by atoms with Crippen LogP contribution < -0.4 is 0 Å². The third-order valence-corrected chi connectivity index (χ3v) is 1.58. The molecule has 0 saturated heterocycles. The van der Waals surface area contributed by atoms with E-state index in [-0.39, 0.29) is 6.04 Å². The van der Waals surface area contributed by atoms with Crippen molar-refractivity contribution in [1.29, 1.82) is 0 Å². The van der Waals surface area contributed by atoms with E-state index in [1.54, 1.807) is 0 Å². The van der Waals surface area contributed by atoms with E-state index in [1.807, 2.05) is 0 Å². The zero-order valence-corrected chi connectivity index (χ0v) is 6.97. The molecule has 0 aliphatic carbocycles. The molecule has 0 N–H and O–H groups in total. The van der Waals surface area contributed by atoms with Gasteiger partial charge in [0.2, 0.25) is 0 Å². The van der Waals surface area contributed by atoms with E-state index in [0.717, 1.165) is 23.7 Å². The molecule has 1 atom stereocenters. The van der Waals surface area contributed by atoms with E-state index < -0.39 is 0 Å². The Labute approximate surface area is 67.6 Å². The van der Waals surface area contributed by atoms with Gasteiger partial charge in [0.1, 0.15) is 0 Å². The summed E-state index contributed by atoms with van der Waals surface area (Å²) in [5, 5.41) is 11.4. The predicted octanol–water partition coefficient (Wildman–Crippen LogP) is 1.13. The van der Waals surface area contributed by atoms with Crippen molar-refractivity contribution < 1.29 is 0 Å². The van der Waals surface area contributed by atoms with Crippen molar-refractivity contribution in [1.82, 2.24) is 5.06 Å². The Morgan fingerprint density at radius 3 is 2.70 bits per heavy atom. The molecule has 0 rings (SSSR count). The third kappa shape index (κ3) is 3.78. The first-order valence-electron chi connectivity index (χ1n) is 3.19. The lowest BCUT2D eigenvalue weighted by Gasteiger charge is -2.28. The number of hydroxylamine groups is 2. The summed E-state index contributed by atoms with van der Waals surface area (Å²) in [4.78, 5) is 0. The summed E-state index contributed by atoms with van der Waals surface area (Å²) in [6, 6.07) is -0.271. The van der Waals surface area contributed by atoms with E-state index in [1.165, 1.54) is 7.05 Å². The Kier molecular flexibility index (Phi) is 5.51. The van der Waals surface area contributed by atoms with Gasteiger partial charge < -0.3 is 10.3 Å². The van der Waals surface area contributed by atoms with Gasteiger partial charge in [-0.3, -0.25) is 0 Å². The van der Waals surface area contributed by atoms with Crippen LogP contribution >= 0.6 is 12.6 Å². The van der Waals surface area contributed by atoms with Crippen molar-refractivity contribution in [3.63, 3.8) is 0 Å². The van der Waals surface area contributed by atoms with Crippen molar-refractivity contribution in [2.45, 2.75) is 18.9 Å². The van der Waals surface area contributed by atoms with Crippen LogP contribution in [-0.4, -0.2) is 23.9 Å². The SMILES string of the molecule is C#CC(CCCS)N(C)[O-]. The van der Waals surface area contributed by atoms with Gasteiger partial charge in [-0.15, -0.1) is 6.42 Å². The summed E-state index contributed by atoms with van der Waals surface area (Å²) in [5.74, 6) is 3.20. The molecule has 0 aliphatic heterocycles. The molecule has 0 aromatic rings. The number of nitrogens with zero attached hydrogens (tertiary/aromatic N) is 1. The van der Waals surface area contributed by atoms with Gasteiger partial charge >= 0.3 is 0 Å². The van der Waals surface area contributed by atoms with Gasteiger partial charge in [0.15, 0.2) is 0 Å². The first kappa shape index (κ1) is 9.83. The molecule has 0 aromatic heterocycles. The Morgan fingerprint density at radius 1 is 1.80 bits per heavy atom. The van der Waals surface area contributed by atoms with Crippen LogP contribution in [0.2, 0.25) is 0 Å². The number of hydrogen-bond donors (Lipinski definition) is 1. The zero-order valence-electron chi connectivity index (χ0n) is 6.08. The van der Waals surface area contributed by atoms with Crippen molar-refractivity contribution in [2.24, 2.45) is 0 Å². The van der Waals surface area contributed by atoms with Gasteiger partial charge in [-0.25, -0.2) is 0 Å². The van der Waals surface area contributed by atoms with Crippen LogP contribution in [0.15, 0.2) is 0 Å². The molecule has 0 heterocycles. The Morgan fingerprint density at radius 2 is 2.40 bits per heavy atom. The lowest BCUT2D eigenvalue weighted by atomic mass is 10.2. The highest BCUT2D eigenvalue weighted by Crippen LogP contribution is 2.02. The molecule has 0 bridgehead atoms. The van der Waals surface area contributed by atoms with E-state index in [2.05, 4.69) is 18.5 Å². The van der Waals surface area contributed by atoms with Crippen LogP contribution in [0.3, 0.4) is 0 Å². The average Bonchev–Trinajstić information content (AvgIpc) is 1.89. The molecule has 3 heteroatoms. The van der Waals surface area contributed by atoms with Gasteiger partial charge in [-0.2, -0.15) is 12.6 Å². The highest BCUT2D eigenvalue weighted by atomic mass is 32.1. The van der Waals surface area contributed by atoms with E-state index in [0.29, 0.717) is 0 Å². The molecule has 2 nitrogen and oxygen atoms in total.